The summed E-state index contributed by atoms with van der Waals surface area (Å²) < 4.78 is 2.44. The highest BCUT2D eigenvalue weighted by Gasteiger charge is 1.99. The molecule has 0 N–H and O–H groups in total. The summed E-state index contributed by atoms with van der Waals surface area (Å²) in [5.74, 6) is 0. The molecule has 0 fully saturated rings. The predicted molar refractivity (Wildman–Crippen MR) is 40.7 cm³/mol. The first-order chi connectivity index (χ1) is 4.74. The lowest BCUT2D eigenvalue weighted by Crippen LogP contribution is -2.00. The van der Waals surface area contributed by atoms with Crippen molar-refractivity contribution in [2.24, 2.45) is 0 Å². The number of carbonyl (C=O) groups is 1. The molecule has 4 heteroatoms. The molecular weight excluding hydrogens is 196 g/mol. The highest BCUT2D eigenvalue weighted by Crippen LogP contribution is 2.09. The smallest absolute Gasteiger partial charge is 0.141 e. The molecule has 1 aromatic rings. The van der Waals surface area contributed by atoms with Crippen molar-refractivity contribution in [3.8, 4) is 0 Å². The first-order valence-corrected chi connectivity index (χ1v) is 3.67. The van der Waals surface area contributed by atoms with Crippen LogP contribution in [-0.4, -0.2) is 16.1 Å². The second-order valence-corrected chi connectivity index (χ2v) is 2.77. The minimum atomic E-state index is 0.314. The van der Waals surface area contributed by atoms with Gasteiger partial charge in [-0.05, 0) is 28.9 Å². The van der Waals surface area contributed by atoms with Crippen LogP contribution in [0.4, 0.5) is 0 Å². The van der Waals surface area contributed by atoms with Crippen LogP contribution in [0.1, 0.15) is 5.69 Å². The van der Waals surface area contributed by atoms with Crippen molar-refractivity contribution >= 4 is 22.2 Å². The van der Waals surface area contributed by atoms with Gasteiger partial charge in [0.1, 0.15) is 10.9 Å². The lowest BCUT2D eigenvalue weighted by atomic mass is 10.5. The average molecular weight is 203 g/mol. The van der Waals surface area contributed by atoms with Gasteiger partial charge in [-0.15, -0.1) is 0 Å². The van der Waals surface area contributed by atoms with Crippen LogP contribution in [0.15, 0.2) is 10.7 Å². The Morgan fingerprint density at radius 3 is 3.00 bits per heavy atom. The zero-order valence-electron chi connectivity index (χ0n) is 5.54. The first-order valence-electron chi connectivity index (χ1n) is 2.87. The monoisotopic (exact) mass is 202 g/mol. The minimum absolute atomic E-state index is 0.314. The Morgan fingerprint density at radius 1 is 1.90 bits per heavy atom. The van der Waals surface area contributed by atoms with E-state index in [0.717, 1.165) is 16.6 Å². The molecule has 0 aliphatic heterocycles. The van der Waals surface area contributed by atoms with Gasteiger partial charge in [-0.25, -0.2) is 0 Å². The van der Waals surface area contributed by atoms with Crippen molar-refractivity contribution in [1.82, 2.24) is 9.78 Å². The van der Waals surface area contributed by atoms with Crippen molar-refractivity contribution in [1.29, 1.82) is 0 Å². The Hall–Kier alpha value is -0.640. The second-order valence-electron chi connectivity index (χ2n) is 1.96. The SMILES string of the molecule is Cc1cc(Br)n(CC=O)n1. The number of aromatic nitrogens is 2. The number of aldehydes is 1. The van der Waals surface area contributed by atoms with Gasteiger partial charge in [-0.3, -0.25) is 4.68 Å². The number of hydrogen-bond acceptors (Lipinski definition) is 2. The number of halogens is 1. The molecule has 0 amide bonds. The maximum absolute atomic E-state index is 10.1. The molecule has 0 bridgehead atoms. The highest BCUT2D eigenvalue weighted by atomic mass is 79.9. The van der Waals surface area contributed by atoms with E-state index in [1.165, 1.54) is 0 Å². The third-order valence-electron chi connectivity index (χ3n) is 1.10. The predicted octanol–water partition coefficient (Wildman–Crippen LogP) is 1.15. The molecule has 0 spiro atoms. The summed E-state index contributed by atoms with van der Waals surface area (Å²) in [4.78, 5) is 10.1. The maximum atomic E-state index is 10.1. The molecule has 10 heavy (non-hydrogen) atoms. The van der Waals surface area contributed by atoms with Gasteiger partial charge in [-0.1, -0.05) is 0 Å². The van der Waals surface area contributed by atoms with Gasteiger partial charge in [0.25, 0.3) is 0 Å². The topological polar surface area (TPSA) is 34.9 Å². The van der Waals surface area contributed by atoms with Crippen LogP contribution in [0.2, 0.25) is 0 Å². The normalized spacial score (nSPS) is 9.80. The Bertz CT molecular complexity index is 244. The molecule has 3 nitrogen and oxygen atoms in total. The number of nitrogens with zero attached hydrogens (tertiary/aromatic N) is 2. The van der Waals surface area contributed by atoms with Crippen LogP contribution in [0.3, 0.4) is 0 Å². The molecule has 1 heterocycles. The van der Waals surface area contributed by atoms with Gasteiger partial charge < -0.3 is 4.79 Å². The fourth-order valence-corrected chi connectivity index (χ4v) is 1.27. The third-order valence-corrected chi connectivity index (χ3v) is 1.74. The maximum Gasteiger partial charge on any atom is 0.141 e. The largest absolute Gasteiger partial charge is 0.301 e. The standard InChI is InChI=1S/C6H7BrN2O/c1-5-4-6(7)9(8-5)2-3-10/h3-4H,2H2,1H3. The van der Waals surface area contributed by atoms with E-state index in [1.54, 1.807) is 4.68 Å². The first kappa shape index (κ1) is 7.47. The summed E-state index contributed by atoms with van der Waals surface area (Å²) >= 11 is 3.26. The average Bonchev–Trinajstić information content (AvgIpc) is 2.13. The number of rotatable bonds is 2. The molecule has 0 radical (unpaired) electrons. The van der Waals surface area contributed by atoms with Crippen molar-refractivity contribution in [2.75, 3.05) is 0 Å². The summed E-state index contributed by atoms with van der Waals surface area (Å²) in [6, 6.07) is 1.86. The van der Waals surface area contributed by atoms with Gasteiger partial charge in [0.2, 0.25) is 0 Å². The summed E-state index contributed by atoms with van der Waals surface area (Å²) in [7, 11) is 0. The fraction of sp³-hybridized carbons (Fsp3) is 0.333. The van der Waals surface area contributed by atoms with Gasteiger partial charge in [0, 0.05) is 0 Å². The Morgan fingerprint density at radius 2 is 2.60 bits per heavy atom. The molecule has 54 valence electrons. The van der Waals surface area contributed by atoms with Gasteiger partial charge in [0.05, 0.1) is 12.2 Å². The zero-order chi connectivity index (χ0) is 7.56. The molecule has 0 aliphatic rings. The lowest BCUT2D eigenvalue weighted by Gasteiger charge is -1.92. The third kappa shape index (κ3) is 1.44. The van der Waals surface area contributed by atoms with Crippen molar-refractivity contribution in [3.05, 3.63) is 16.4 Å². The quantitative estimate of drug-likeness (QED) is 0.675. The van der Waals surface area contributed by atoms with E-state index in [-0.39, 0.29) is 0 Å². The Balaban J connectivity index is 2.91. The Kier molecular flexibility index (Phi) is 2.21. The molecule has 0 atom stereocenters. The molecule has 0 aromatic carbocycles. The molecule has 1 rings (SSSR count). The molecule has 0 aliphatic carbocycles. The van der Waals surface area contributed by atoms with E-state index >= 15 is 0 Å². The number of hydrogen-bond donors (Lipinski definition) is 0. The summed E-state index contributed by atoms with van der Waals surface area (Å²) in [6.07, 6.45) is 0.817. The van der Waals surface area contributed by atoms with Crippen molar-refractivity contribution < 1.29 is 4.79 Å². The van der Waals surface area contributed by atoms with Crippen LogP contribution >= 0.6 is 15.9 Å². The molecule has 0 saturated carbocycles. The number of aryl methyl sites for hydroxylation is 1. The van der Waals surface area contributed by atoms with E-state index in [9.17, 15) is 4.79 Å². The number of carbonyl (C=O) groups excluding carboxylic acids is 1. The van der Waals surface area contributed by atoms with E-state index in [1.807, 2.05) is 13.0 Å². The van der Waals surface area contributed by atoms with Crippen molar-refractivity contribution in [3.63, 3.8) is 0 Å². The summed E-state index contributed by atoms with van der Waals surface area (Å²) in [5, 5.41) is 4.04. The molecular formula is C6H7BrN2O. The second kappa shape index (κ2) is 2.96. The van der Waals surface area contributed by atoms with E-state index in [4.69, 9.17) is 0 Å². The van der Waals surface area contributed by atoms with Gasteiger partial charge in [-0.2, -0.15) is 5.10 Å². The summed E-state index contributed by atoms with van der Waals surface area (Å²) in [5.41, 5.74) is 0.911. The molecule has 1 aromatic heterocycles. The van der Waals surface area contributed by atoms with E-state index in [2.05, 4.69) is 21.0 Å². The van der Waals surface area contributed by atoms with Gasteiger partial charge >= 0.3 is 0 Å². The van der Waals surface area contributed by atoms with Crippen LogP contribution in [-0.2, 0) is 11.3 Å². The van der Waals surface area contributed by atoms with Crippen LogP contribution < -0.4 is 0 Å². The van der Waals surface area contributed by atoms with Crippen molar-refractivity contribution in [2.45, 2.75) is 13.5 Å². The highest BCUT2D eigenvalue weighted by molar-refractivity contribution is 9.10. The lowest BCUT2D eigenvalue weighted by molar-refractivity contribution is -0.108. The van der Waals surface area contributed by atoms with Crippen LogP contribution in [0.25, 0.3) is 0 Å². The van der Waals surface area contributed by atoms with Crippen LogP contribution in [0, 0.1) is 6.92 Å². The Labute approximate surface area is 67.2 Å². The van der Waals surface area contributed by atoms with E-state index in [0.29, 0.717) is 6.54 Å². The van der Waals surface area contributed by atoms with E-state index < -0.39 is 0 Å². The molecule has 0 unspecified atom stereocenters. The summed E-state index contributed by atoms with van der Waals surface area (Å²) in [6.45, 7) is 2.19. The minimum Gasteiger partial charge on any atom is -0.301 e. The van der Waals surface area contributed by atoms with Crippen LogP contribution in [0.5, 0.6) is 0 Å². The zero-order valence-corrected chi connectivity index (χ0v) is 7.13. The van der Waals surface area contributed by atoms with Gasteiger partial charge in [0.15, 0.2) is 0 Å². The fourth-order valence-electron chi connectivity index (χ4n) is 0.713. The molecule has 0 saturated heterocycles.